The van der Waals surface area contributed by atoms with Crippen molar-refractivity contribution in [1.29, 1.82) is 0 Å². The Hall–Kier alpha value is -4.37. The summed E-state index contributed by atoms with van der Waals surface area (Å²) in [6.45, 7) is 4.48. The Balaban J connectivity index is 1.21. The SMILES string of the molecule is CC(C)OC(=O)c1ccc(NC(=O)N[C@@H](Cc2ccc(O)cc2)C(=O)NC2CC3CCC(C2)N3Cc2ccccc2)cc1. The van der Waals surface area contributed by atoms with Gasteiger partial charge in [0.25, 0.3) is 0 Å². The lowest BCUT2D eigenvalue weighted by Gasteiger charge is -2.39. The normalized spacial score (nSPS) is 20.3. The zero-order chi connectivity index (χ0) is 30.3. The highest BCUT2D eigenvalue weighted by molar-refractivity contribution is 5.95. The fourth-order valence-corrected chi connectivity index (χ4v) is 6.12. The molecule has 0 saturated carbocycles. The number of fused-ring (bicyclic) bond motifs is 2. The molecule has 3 aromatic carbocycles. The van der Waals surface area contributed by atoms with Crippen LogP contribution < -0.4 is 16.0 Å². The number of hydrogen-bond acceptors (Lipinski definition) is 6. The molecule has 0 spiro atoms. The molecule has 2 fully saturated rings. The topological polar surface area (TPSA) is 120 Å². The second-order valence-electron chi connectivity index (χ2n) is 11.8. The predicted octanol–water partition coefficient (Wildman–Crippen LogP) is 5.00. The van der Waals surface area contributed by atoms with Crippen molar-refractivity contribution in [3.8, 4) is 5.75 Å². The van der Waals surface area contributed by atoms with Crippen molar-refractivity contribution in [3.05, 3.63) is 95.6 Å². The maximum atomic E-state index is 13.6. The van der Waals surface area contributed by atoms with Gasteiger partial charge in [0.1, 0.15) is 11.8 Å². The quantitative estimate of drug-likeness (QED) is 0.249. The smallest absolute Gasteiger partial charge is 0.338 e. The Morgan fingerprint density at radius 1 is 0.884 bits per heavy atom. The first-order chi connectivity index (χ1) is 20.7. The molecule has 0 radical (unpaired) electrons. The molecule has 0 aliphatic carbocycles. The van der Waals surface area contributed by atoms with E-state index >= 15 is 0 Å². The standard InChI is InChI=1S/C34H40N4O5/c1-22(2)43-33(41)25-10-12-26(13-11-25)36-34(42)37-31(18-23-8-16-30(39)17-9-23)32(40)35-27-19-28-14-15-29(20-27)38(28)21-24-6-4-3-5-7-24/h3-13,16-17,22,27-29,31,39H,14-15,18-21H2,1-2H3,(H,35,40)(H2,36,37,42)/t27?,28?,29?,31-/m0/s1. The minimum absolute atomic E-state index is 0.0299. The van der Waals surface area contributed by atoms with Crippen LogP contribution in [0.3, 0.4) is 0 Å². The summed E-state index contributed by atoms with van der Waals surface area (Å²) in [4.78, 5) is 41.3. The number of rotatable bonds is 10. The minimum atomic E-state index is -0.829. The van der Waals surface area contributed by atoms with E-state index in [1.807, 2.05) is 6.07 Å². The Morgan fingerprint density at radius 3 is 2.16 bits per heavy atom. The van der Waals surface area contributed by atoms with Gasteiger partial charge in [0.15, 0.2) is 0 Å². The van der Waals surface area contributed by atoms with Gasteiger partial charge in [0, 0.05) is 36.8 Å². The van der Waals surface area contributed by atoms with Gasteiger partial charge in [-0.2, -0.15) is 0 Å². The summed E-state index contributed by atoms with van der Waals surface area (Å²) in [5.74, 6) is -0.541. The molecule has 2 bridgehead atoms. The Bertz CT molecular complexity index is 1380. The van der Waals surface area contributed by atoms with Crippen molar-refractivity contribution in [2.24, 2.45) is 0 Å². The summed E-state index contributed by atoms with van der Waals surface area (Å²) in [5.41, 5.74) is 2.97. The minimum Gasteiger partial charge on any atom is -0.508 e. The molecule has 2 aliphatic heterocycles. The lowest BCUT2D eigenvalue weighted by molar-refractivity contribution is -0.124. The lowest BCUT2D eigenvalue weighted by atomic mass is 9.95. The summed E-state index contributed by atoms with van der Waals surface area (Å²) >= 11 is 0. The molecule has 2 unspecified atom stereocenters. The fraction of sp³-hybridized carbons (Fsp3) is 0.382. The second-order valence-corrected chi connectivity index (χ2v) is 11.8. The molecule has 0 aromatic heterocycles. The van der Waals surface area contributed by atoms with Crippen LogP contribution >= 0.6 is 0 Å². The molecule has 9 nitrogen and oxygen atoms in total. The number of carbonyl (C=O) groups excluding carboxylic acids is 3. The van der Waals surface area contributed by atoms with Crippen LogP contribution in [-0.4, -0.2) is 58.2 Å². The fourth-order valence-electron chi connectivity index (χ4n) is 6.12. The predicted molar refractivity (Wildman–Crippen MR) is 165 cm³/mol. The number of phenols is 1. The zero-order valence-electron chi connectivity index (χ0n) is 24.7. The molecule has 3 aromatic rings. The van der Waals surface area contributed by atoms with Gasteiger partial charge in [-0.15, -0.1) is 0 Å². The van der Waals surface area contributed by atoms with Gasteiger partial charge < -0.3 is 25.8 Å². The first-order valence-electron chi connectivity index (χ1n) is 15.0. The van der Waals surface area contributed by atoms with E-state index in [0.29, 0.717) is 23.3 Å². The van der Waals surface area contributed by atoms with Crippen molar-refractivity contribution in [1.82, 2.24) is 15.5 Å². The van der Waals surface area contributed by atoms with Gasteiger partial charge in [-0.25, -0.2) is 9.59 Å². The van der Waals surface area contributed by atoms with Crippen LogP contribution in [0, 0.1) is 0 Å². The van der Waals surface area contributed by atoms with Gasteiger partial charge >= 0.3 is 12.0 Å². The van der Waals surface area contributed by atoms with E-state index in [-0.39, 0.29) is 30.2 Å². The highest BCUT2D eigenvalue weighted by Crippen LogP contribution is 2.37. The molecule has 4 N–H and O–H groups in total. The molecule has 2 aliphatic rings. The number of nitrogens with one attached hydrogen (secondary N) is 3. The van der Waals surface area contributed by atoms with Gasteiger partial charge in [-0.1, -0.05) is 42.5 Å². The molecule has 3 amide bonds. The van der Waals surface area contributed by atoms with Gasteiger partial charge in [0.2, 0.25) is 5.91 Å². The average molecular weight is 585 g/mol. The number of carbonyl (C=O) groups is 3. The van der Waals surface area contributed by atoms with Gasteiger partial charge in [0.05, 0.1) is 11.7 Å². The van der Waals surface area contributed by atoms with Crippen molar-refractivity contribution in [3.63, 3.8) is 0 Å². The number of anilines is 1. The van der Waals surface area contributed by atoms with E-state index in [2.05, 4.69) is 45.1 Å². The number of phenolic OH excluding ortho intramolecular Hbond substituents is 1. The summed E-state index contributed by atoms with van der Waals surface area (Å²) in [7, 11) is 0. The number of benzene rings is 3. The largest absolute Gasteiger partial charge is 0.508 e. The molecule has 9 heteroatoms. The number of esters is 1. The van der Waals surface area contributed by atoms with Crippen molar-refractivity contribution >= 4 is 23.6 Å². The van der Waals surface area contributed by atoms with Crippen LogP contribution in [0.5, 0.6) is 5.75 Å². The molecule has 3 atom stereocenters. The number of urea groups is 1. The zero-order valence-corrected chi connectivity index (χ0v) is 24.7. The monoisotopic (exact) mass is 584 g/mol. The highest BCUT2D eigenvalue weighted by atomic mass is 16.5. The van der Waals surface area contributed by atoms with E-state index < -0.39 is 18.0 Å². The van der Waals surface area contributed by atoms with Crippen LogP contribution in [-0.2, 0) is 22.5 Å². The van der Waals surface area contributed by atoms with E-state index in [0.717, 1.165) is 37.8 Å². The van der Waals surface area contributed by atoms with Gasteiger partial charge in [-0.05, 0) is 87.1 Å². The molecule has 5 rings (SSSR count). The summed E-state index contributed by atoms with van der Waals surface area (Å²) in [6.07, 6.45) is 4.02. The summed E-state index contributed by atoms with van der Waals surface area (Å²) < 4.78 is 5.21. The highest BCUT2D eigenvalue weighted by Gasteiger charge is 2.41. The average Bonchev–Trinajstić information content (AvgIpc) is 3.20. The Labute approximate surface area is 252 Å². The van der Waals surface area contributed by atoms with Crippen LogP contribution in [0.1, 0.15) is 61.0 Å². The molecular formula is C34H40N4O5. The third-order valence-electron chi connectivity index (χ3n) is 8.16. The Morgan fingerprint density at radius 2 is 1.53 bits per heavy atom. The molecular weight excluding hydrogens is 544 g/mol. The number of ether oxygens (including phenoxy) is 1. The maximum absolute atomic E-state index is 13.6. The van der Waals surface area contributed by atoms with Crippen LogP contribution in [0.15, 0.2) is 78.9 Å². The van der Waals surface area contributed by atoms with Crippen LogP contribution in [0.2, 0.25) is 0 Å². The first-order valence-corrected chi connectivity index (χ1v) is 15.0. The Kier molecular flexibility index (Phi) is 9.61. The van der Waals surface area contributed by atoms with Crippen molar-refractivity contribution in [2.45, 2.75) is 82.8 Å². The van der Waals surface area contributed by atoms with E-state index in [1.165, 1.54) is 5.56 Å². The third-order valence-corrected chi connectivity index (χ3v) is 8.16. The van der Waals surface area contributed by atoms with Crippen molar-refractivity contribution in [2.75, 3.05) is 5.32 Å². The van der Waals surface area contributed by atoms with E-state index in [9.17, 15) is 19.5 Å². The molecule has 2 heterocycles. The third kappa shape index (κ3) is 8.14. The van der Waals surface area contributed by atoms with Crippen LogP contribution in [0.25, 0.3) is 0 Å². The van der Waals surface area contributed by atoms with Crippen LogP contribution in [0.4, 0.5) is 10.5 Å². The molecule has 226 valence electrons. The van der Waals surface area contributed by atoms with Gasteiger partial charge in [-0.3, -0.25) is 9.69 Å². The molecule has 43 heavy (non-hydrogen) atoms. The first kappa shape index (κ1) is 30.1. The number of hydrogen-bond donors (Lipinski definition) is 4. The second kappa shape index (κ2) is 13.7. The lowest BCUT2D eigenvalue weighted by Crippen LogP contribution is -2.55. The van der Waals surface area contributed by atoms with E-state index in [1.54, 1.807) is 62.4 Å². The molecule has 2 saturated heterocycles. The van der Waals surface area contributed by atoms with E-state index in [4.69, 9.17) is 4.74 Å². The summed E-state index contributed by atoms with van der Waals surface area (Å²) in [6, 6.07) is 23.0. The summed E-state index contributed by atoms with van der Waals surface area (Å²) in [5, 5.41) is 18.5. The number of nitrogens with zero attached hydrogens (tertiary/aromatic N) is 1. The number of amides is 3. The number of aromatic hydroxyl groups is 1. The number of piperidine rings is 1. The maximum Gasteiger partial charge on any atom is 0.338 e. The van der Waals surface area contributed by atoms with Crippen molar-refractivity contribution < 1.29 is 24.2 Å².